The molecule has 0 spiro atoms. The van der Waals surface area contributed by atoms with Crippen LogP contribution in [-0.2, 0) is 4.79 Å². The van der Waals surface area contributed by atoms with E-state index in [4.69, 9.17) is 5.26 Å². The lowest BCUT2D eigenvalue weighted by molar-refractivity contribution is -0.505. The van der Waals surface area contributed by atoms with Crippen LogP contribution >= 0.6 is 0 Å². The van der Waals surface area contributed by atoms with Crippen LogP contribution in [0.4, 0.5) is 11.6 Å². The summed E-state index contributed by atoms with van der Waals surface area (Å²) in [6, 6.07) is 0.181. The fourth-order valence-corrected chi connectivity index (χ4v) is 3.71. The largest absolute Gasteiger partial charge is 0.371 e. The SMILES string of the molecule is CCCNc1cc(N(C)C2C(C)C(O)(O)C(O)(O)N(CC(=O)C(O)(O)C#N)C2(O)O)nc(=O)[nH]1. The Morgan fingerprint density at radius 3 is 2.44 bits per heavy atom. The van der Waals surface area contributed by atoms with Gasteiger partial charge in [-0.1, -0.05) is 13.8 Å². The van der Waals surface area contributed by atoms with E-state index in [-0.39, 0.29) is 16.5 Å². The highest BCUT2D eigenvalue weighted by atomic mass is 16.6. The minimum absolute atomic E-state index is 0.193. The number of carbonyl (C=O) groups excluding carboxylic acids is 1. The van der Waals surface area contributed by atoms with Crippen molar-refractivity contribution in [2.45, 2.75) is 49.7 Å². The van der Waals surface area contributed by atoms with Gasteiger partial charge >= 0.3 is 11.5 Å². The molecular formula is C18H28N6O10. The van der Waals surface area contributed by atoms with Crippen LogP contribution in [0.1, 0.15) is 20.3 Å². The van der Waals surface area contributed by atoms with Crippen LogP contribution in [0.3, 0.4) is 0 Å². The number of nitrogens with one attached hydrogen (secondary N) is 2. The van der Waals surface area contributed by atoms with Gasteiger partial charge in [0.1, 0.15) is 23.7 Å². The summed E-state index contributed by atoms with van der Waals surface area (Å²) in [5, 5.41) is 94.0. The molecule has 2 atom stereocenters. The van der Waals surface area contributed by atoms with E-state index >= 15 is 0 Å². The third kappa shape index (κ3) is 4.61. The number of aromatic amines is 1. The van der Waals surface area contributed by atoms with Crippen LogP contribution in [0.15, 0.2) is 10.9 Å². The Morgan fingerprint density at radius 2 is 1.91 bits per heavy atom. The van der Waals surface area contributed by atoms with Crippen molar-refractivity contribution in [2.24, 2.45) is 5.92 Å². The number of aliphatic hydroxyl groups is 8. The molecule has 1 aromatic rings. The van der Waals surface area contributed by atoms with Crippen molar-refractivity contribution in [2.75, 3.05) is 30.4 Å². The van der Waals surface area contributed by atoms with Crippen LogP contribution in [0.5, 0.6) is 0 Å². The van der Waals surface area contributed by atoms with Crippen LogP contribution < -0.4 is 15.9 Å². The van der Waals surface area contributed by atoms with E-state index in [0.717, 1.165) is 17.9 Å². The highest BCUT2D eigenvalue weighted by molar-refractivity contribution is 5.89. The molecule has 2 unspecified atom stereocenters. The standard InChI is InChI=1S/C18H28N6O10/c1-4-5-20-11-6-12(22-14(26)21-11)23(3)13-9(2)16(29,30)18(33,34)24(17(13,31)32)7-10(25)15(27,28)8-19/h6,9,13,27-34H,4-5,7H2,1-3H3,(H2,20,21,22,26). The quantitative estimate of drug-likeness (QED) is 0.121. The maximum absolute atomic E-state index is 12.1. The van der Waals surface area contributed by atoms with Crippen molar-refractivity contribution in [1.29, 1.82) is 5.26 Å². The summed E-state index contributed by atoms with van der Waals surface area (Å²) in [7, 11) is 1.17. The van der Waals surface area contributed by atoms with Crippen LogP contribution in [-0.4, -0.2) is 111 Å². The summed E-state index contributed by atoms with van der Waals surface area (Å²) in [5.41, 5.74) is -0.850. The monoisotopic (exact) mass is 488 g/mol. The van der Waals surface area contributed by atoms with Crippen LogP contribution in [0.25, 0.3) is 0 Å². The lowest BCUT2D eigenvalue weighted by atomic mass is 9.80. The van der Waals surface area contributed by atoms with Gasteiger partial charge in [-0.25, -0.2) is 4.79 Å². The van der Waals surface area contributed by atoms with Crippen molar-refractivity contribution in [1.82, 2.24) is 14.9 Å². The molecule has 2 rings (SSSR count). The van der Waals surface area contributed by atoms with Crippen molar-refractivity contribution in [3.05, 3.63) is 16.6 Å². The van der Waals surface area contributed by atoms with Gasteiger partial charge in [0.25, 0.3) is 11.8 Å². The summed E-state index contributed by atoms with van der Waals surface area (Å²) >= 11 is 0. The topological polar surface area (TPSA) is 267 Å². The Hall–Kier alpha value is -2.72. The number of likely N-dealkylation sites (tertiary alicyclic amines) is 1. The minimum Gasteiger partial charge on any atom is -0.371 e. The van der Waals surface area contributed by atoms with Gasteiger partial charge in [-0.05, 0) is 6.42 Å². The average Bonchev–Trinajstić information content (AvgIpc) is 2.73. The minimum atomic E-state index is -3.94. The van der Waals surface area contributed by atoms with Crippen molar-refractivity contribution in [3.8, 4) is 6.07 Å². The maximum Gasteiger partial charge on any atom is 0.348 e. The number of Topliss-reactive ketones (excluding diaryl/α,β-unsaturated/α-hetero) is 1. The Balaban J connectivity index is 2.60. The number of piperidine rings is 1. The normalized spacial score (nSPS) is 23.7. The first-order chi connectivity index (χ1) is 15.4. The Labute approximate surface area is 192 Å². The first-order valence-electron chi connectivity index (χ1n) is 10.0. The van der Waals surface area contributed by atoms with Crippen LogP contribution in [0.2, 0.25) is 0 Å². The Morgan fingerprint density at radius 1 is 1.32 bits per heavy atom. The fraction of sp³-hybridized carbons (Fsp3) is 0.667. The number of ketones is 1. The van der Waals surface area contributed by atoms with Gasteiger partial charge in [0.05, 0.1) is 6.54 Å². The first kappa shape index (κ1) is 27.5. The van der Waals surface area contributed by atoms with E-state index < -0.39 is 53.4 Å². The third-order valence-electron chi connectivity index (χ3n) is 5.69. The molecule has 1 fully saturated rings. The van der Waals surface area contributed by atoms with Gasteiger partial charge in [0.15, 0.2) is 0 Å². The molecule has 16 nitrogen and oxygen atoms in total. The number of carbonyl (C=O) groups is 1. The maximum atomic E-state index is 12.1. The van der Waals surface area contributed by atoms with Crippen molar-refractivity contribution >= 4 is 17.4 Å². The zero-order valence-electron chi connectivity index (χ0n) is 18.5. The summed E-state index contributed by atoms with van der Waals surface area (Å²) in [6.07, 6.45) is 0.696. The number of rotatable bonds is 8. The Kier molecular flexibility index (Phi) is 7.40. The molecule has 190 valence electrons. The first-order valence-corrected chi connectivity index (χ1v) is 10.0. The Bertz CT molecular complexity index is 1020. The summed E-state index contributed by atoms with van der Waals surface area (Å²) in [5.74, 6) is -18.4. The molecule has 0 aromatic carbocycles. The number of nitriles is 1. The lowest BCUT2D eigenvalue weighted by Gasteiger charge is -2.59. The molecule has 0 radical (unpaired) electrons. The predicted octanol–water partition coefficient (Wildman–Crippen LogP) is -4.92. The van der Waals surface area contributed by atoms with Gasteiger partial charge in [0, 0.05) is 25.6 Å². The van der Waals surface area contributed by atoms with E-state index in [1.54, 1.807) is 0 Å². The molecule has 16 heteroatoms. The van der Waals surface area contributed by atoms with E-state index in [9.17, 15) is 50.4 Å². The predicted molar refractivity (Wildman–Crippen MR) is 111 cm³/mol. The van der Waals surface area contributed by atoms with Crippen molar-refractivity contribution < 1.29 is 45.6 Å². The van der Waals surface area contributed by atoms with Gasteiger partial charge in [-0.2, -0.15) is 15.1 Å². The zero-order valence-corrected chi connectivity index (χ0v) is 18.5. The highest BCUT2D eigenvalue weighted by Gasteiger charge is 2.71. The second kappa shape index (κ2) is 9.14. The summed E-state index contributed by atoms with van der Waals surface area (Å²) in [4.78, 5) is 30.8. The smallest absolute Gasteiger partial charge is 0.348 e. The molecule has 0 amide bonds. The number of nitrogens with zero attached hydrogens (tertiary/aromatic N) is 4. The average molecular weight is 488 g/mol. The number of likely N-dealkylation sites (N-methyl/N-ethyl adjacent to an activating group) is 1. The number of anilines is 2. The van der Waals surface area contributed by atoms with E-state index in [2.05, 4.69) is 15.3 Å². The van der Waals surface area contributed by atoms with Gasteiger partial charge < -0.3 is 51.1 Å². The van der Waals surface area contributed by atoms with Crippen molar-refractivity contribution in [3.63, 3.8) is 0 Å². The second-order valence-corrected chi connectivity index (χ2v) is 8.07. The van der Waals surface area contributed by atoms with E-state index in [1.165, 1.54) is 13.1 Å². The van der Waals surface area contributed by atoms with Crippen LogP contribution in [0, 0.1) is 17.2 Å². The van der Waals surface area contributed by atoms with E-state index in [1.807, 2.05) is 6.92 Å². The number of hydrogen-bond donors (Lipinski definition) is 10. The lowest BCUT2D eigenvalue weighted by Crippen LogP contribution is -2.84. The molecule has 10 N–H and O–H groups in total. The van der Waals surface area contributed by atoms with Gasteiger partial charge in [-0.15, -0.1) is 0 Å². The third-order valence-corrected chi connectivity index (χ3v) is 5.69. The molecule has 0 saturated carbocycles. The fourth-order valence-electron chi connectivity index (χ4n) is 3.71. The molecule has 1 aliphatic rings. The summed E-state index contributed by atoms with van der Waals surface area (Å²) in [6.45, 7) is 1.68. The molecule has 0 aliphatic carbocycles. The molecule has 34 heavy (non-hydrogen) atoms. The molecule has 1 aromatic heterocycles. The summed E-state index contributed by atoms with van der Waals surface area (Å²) < 4.78 is 0. The second-order valence-electron chi connectivity index (χ2n) is 8.07. The molecule has 1 aliphatic heterocycles. The highest BCUT2D eigenvalue weighted by Crippen LogP contribution is 2.45. The van der Waals surface area contributed by atoms with Gasteiger partial charge in [-0.3, -0.25) is 9.78 Å². The van der Waals surface area contributed by atoms with E-state index in [0.29, 0.717) is 13.0 Å². The molecule has 0 bridgehead atoms. The molecule has 1 saturated heterocycles. The zero-order chi connectivity index (χ0) is 26.3. The molecular weight excluding hydrogens is 460 g/mol. The number of hydrogen-bond acceptors (Lipinski definition) is 15. The van der Waals surface area contributed by atoms with Gasteiger partial charge in [0.2, 0.25) is 11.6 Å². The molecule has 2 heterocycles. The number of H-pyrrole nitrogens is 1. The number of aromatic nitrogens is 2.